The minimum Gasteiger partial charge on any atom is -0.311 e. The zero-order chi connectivity index (χ0) is 20.9. The van der Waals surface area contributed by atoms with Crippen LogP contribution in [0.25, 0.3) is 16.9 Å². The van der Waals surface area contributed by atoms with Gasteiger partial charge in [0.2, 0.25) is 5.78 Å². The summed E-state index contributed by atoms with van der Waals surface area (Å²) < 4.78 is 6.10. The minimum absolute atomic E-state index is 0.197. The molecule has 150 valence electrons. The van der Waals surface area contributed by atoms with Crippen molar-refractivity contribution in [3.8, 4) is 0 Å². The van der Waals surface area contributed by atoms with E-state index in [0.717, 1.165) is 16.7 Å². The molecule has 8 nitrogen and oxygen atoms in total. The van der Waals surface area contributed by atoms with Crippen LogP contribution in [-0.2, 0) is 13.6 Å². The van der Waals surface area contributed by atoms with Crippen LogP contribution in [0.1, 0.15) is 42.4 Å². The van der Waals surface area contributed by atoms with E-state index in [1.165, 1.54) is 4.57 Å². The number of Topliss-reactive ketones (excluding diaryl/α,β-unsaturated/α-hetero) is 1. The SMILES string of the molecule is CC[C@H](C)n1c(C)cn2c3c(=O)n(CC(=O)c4ccccc4)c(=O)n(C)c3nc12. The van der Waals surface area contributed by atoms with Gasteiger partial charge >= 0.3 is 5.69 Å². The van der Waals surface area contributed by atoms with Crippen LogP contribution in [-0.4, -0.2) is 28.9 Å². The number of carbonyl (C=O) groups is 1. The van der Waals surface area contributed by atoms with E-state index < -0.39 is 11.2 Å². The normalized spacial score (nSPS) is 12.7. The Morgan fingerprint density at radius 3 is 2.52 bits per heavy atom. The number of carbonyl (C=O) groups excluding carboxylic acids is 1. The number of benzene rings is 1. The molecule has 0 amide bonds. The van der Waals surface area contributed by atoms with Crippen molar-refractivity contribution in [3.63, 3.8) is 0 Å². The van der Waals surface area contributed by atoms with Crippen molar-refractivity contribution in [2.45, 2.75) is 39.8 Å². The number of aryl methyl sites for hydroxylation is 2. The van der Waals surface area contributed by atoms with Crippen LogP contribution in [0.15, 0.2) is 46.1 Å². The molecule has 4 aromatic rings. The van der Waals surface area contributed by atoms with E-state index in [-0.39, 0.29) is 18.4 Å². The number of hydrogen-bond donors (Lipinski definition) is 0. The Bertz CT molecular complexity index is 1350. The second-order valence-electron chi connectivity index (χ2n) is 7.37. The topological polar surface area (TPSA) is 83.3 Å². The lowest BCUT2D eigenvalue weighted by atomic mass is 10.1. The number of rotatable bonds is 5. The highest BCUT2D eigenvalue weighted by atomic mass is 16.2. The van der Waals surface area contributed by atoms with Crippen molar-refractivity contribution in [2.24, 2.45) is 7.05 Å². The quantitative estimate of drug-likeness (QED) is 0.487. The number of imidazole rings is 2. The van der Waals surface area contributed by atoms with E-state index in [4.69, 9.17) is 0 Å². The van der Waals surface area contributed by atoms with Crippen LogP contribution in [0.5, 0.6) is 0 Å². The Hall–Kier alpha value is -3.42. The van der Waals surface area contributed by atoms with Crippen LogP contribution in [0, 0.1) is 6.92 Å². The van der Waals surface area contributed by atoms with Gasteiger partial charge in [-0.15, -0.1) is 0 Å². The van der Waals surface area contributed by atoms with E-state index in [0.29, 0.717) is 22.5 Å². The molecule has 0 spiro atoms. The van der Waals surface area contributed by atoms with Gasteiger partial charge in [0.15, 0.2) is 16.9 Å². The maximum absolute atomic E-state index is 13.2. The Kier molecular flexibility index (Phi) is 4.49. The first-order valence-electron chi connectivity index (χ1n) is 9.62. The van der Waals surface area contributed by atoms with Crippen molar-refractivity contribution >= 4 is 22.7 Å². The molecule has 0 N–H and O–H groups in total. The monoisotopic (exact) mass is 393 g/mol. The number of nitrogens with zero attached hydrogens (tertiary/aromatic N) is 5. The van der Waals surface area contributed by atoms with Gasteiger partial charge < -0.3 is 4.57 Å². The molecule has 29 heavy (non-hydrogen) atoms. The van der Waals surface area contributed by atoms with Crippen molar-refractivity contribution in [1.29, 1.82) is 0 Å². The highest BCUT2D eigenvalue weighted by Gasteiger charge is 2.22. The van der Waals surface area contributed by atoms with Crippen LogP contribution < -0.4 is 11.2 Å². The van der Waals surface area contributed by atoms with Gasteiger partial charge in [-0.1, -0.05) is 37.3 Å². The number of aromatic nitrogens is 5. The molecule has 0 bridgehead atoms. The number of ketones is 1. The van der Waals surface area contributed by atoms with E-state index in [2.05, 4.69) is 23.4 Å². The fourth-order valence-corrected chi connectivity index (χ4v) is 3.75. The third kappa shape index (κ3) is 2.83. The molecule has 3 aromatic heterocycles. The van der Waals surface area contributed by atoms with E-state index in [1.54, 1.807) is 41.8 Å². The first kappa shape index (κ1) is 18.9. The molecule has 0 radical (unpaired) electrons. The van der Waals surface area contributed by atoms with Crippen molar-refractivity contribution < 1.29 is 4.79 Å². The Morgan fingerprint density at radius 2 is 1.86 bits per heavy atom. The summed E-state index contributed by atoms with van der Waals surface area (Å²) in [6.07, 6.45) is 2.76. The Labute approximate surface area is 166 Å². The first-order chi connectivity index (χ1) is 13.8. The largest absolute Gasteiger partial charge is 0.332 e. The van der Waals surface area contributed by atoms with E-state index in [1.807, 2.05) is 13.1 Å². The third-order valence-corrected chi connectivity index (χ3v) is 5.50. The van der Waals surface area contributed by atoms with Gasteiger partial charge in [0, 0.05) is 30.5 Å². The smallest absolute Gasteiger partial charge is 0.311 e. The van der Waals surface area contributed by atoms with Gasteiger partial charge in [0.05, 0.1) is 6.54 Å². The van der Waals surface area contributed by atoms with Crippen molar-refractivity contribution in [1.82, 2.24) is 23.1 Å². The molecule has 0 fully saturated rings. The van der Waals surface area contributed by atoms with Gasteiger partial charge in [0.25, 0.3) is 5.56 Å². The zero-order valence-electron chi connectivity index (χ0n) is 16.9. The second kappa shape index (κ2) is 6.88. The summed E-state index contributed by atoms with van der Waals surface area (Å²) in [7, 11) is 1.57. The van der Waals surface area contributed by atoms with Gasteiger partial charge in [0.1, 0.15) is 0 Å². The number of fused-ring (bicyclic) bond motifs is 3. The molecule has 0 aliphatic heterocycles. The summed E-state index contributed by atoms with van der Waals surface area (Å²) in [4.78, 5) is 43.3. The van der Waals surface area contributed by atoms with Crippen LogP contribution in [0.3, 0.4) is 0 Å². The Balaban J connectivity index is 1.96. The summed E-state index contributed by atoms with van der Waals surface area (Å²) in [5, 5.41) is 0. The summed E-state index contributed by atoms with van der Waals surface area (Å²) >= 11 is 0. The summed E-state index contributed by atoms with van der Waals surface area (Å²) in [6, 6.07) is 8.84. The molecule has 1 atom stereocenters. The fraction of sp³-hybridized carbons (Fsp3) is 0.333. The van der Waals surface area contributed by atoms with Gasteiger partial charge in [-0.2, -0.15) is 4.98 Å². The van der Waals surface area contributed by atoms with E-state index >= 15 is 0 Å². The summed E-state index contributed by atoms with van der Waals surface area (Å²) in [5.41, 5.74) is 0.978. The van der Waals surface area contributed by atoms with Gasteiger partial charge in [-0.05, 0) is 20.3 Å². The minimum atomic E-state index is -0.556. The molecule has 0 saturated heterocycles. The first-order valence-corrected chi connectivity index (χ1v) is 9.62. The predicted octanol–water partition coefficient (Wildman–Crippen LogP) is 2.31. The van der Waals surface area contributed by atoms with Crippen molar-refractivity contribution in [3.05, 3.63) is 68.6 Å². The maximum Gasteiger partial charge on any atom is 0.332 e. The summed E-state index contributed by atoms with van der Waals surface area (Å²) in [5.74, 6) is 0.323. The molecular weight excluding hydrogens is 370 g/mol. The second-order valence-corrected chi connectivity index (χ2v) is 7.37. The molecule has 0 aliphatic rings. The molecule has 8 heteroatoms. The molecule has 0 unspecified atom stereocenters. The molecule has 0 aliphatic carbocycles. The third-order valence-electron chi connectivity index (χ3n) is 5.50. The lowest BCUT2D eigenvalue weighted by Gasteiger charge is -2.12. The molecule has 4 rings (SSSR count). The molecule has 1 aromatic carbocycles. The lowest BCUT2D eigenvalue weighted by Crippen LogP contribution is -2.41. The van der Waals surface area contributed by atoms with Crippen LogP contribution in [0.4, 0.5) is 0 Å². The molecular formula is C21H23N5O3. The van der Waals surface area contributed by atoms with Gasteiger partial charge in [-0.25, -0.2) is 4.79 Å². The standard InChI is InChI=1S/C21H23N5O3/c1-5-13(2)26-14(3)11-24-17-18(22-20(24)26)23(4)21(29)25(19(17)28)12-16(27)15-9-7-6-8-10-15/h6-11,13H,5,12H2,1-4H3/t13-/m0/s1. The van der Waals surface area contributed by atoms with Gasteiger partial charge in [-0.3, -0.25) is 23.1 Å². The lowest BCUT2D eigenvalue weighted by molar-refractivity contribution is 0.0969. The highest BCUT2D eigenvalue weighted by molar-refractivity contribution is 5.95. The molecule has 0 saturated carbocycles. The number of hydrogen-bond acceptors (Lipinski definition) is 4. The average Bonchev–Trinajstić information content (AvgIpc) is 3.24. The Morgan fingerprint density at radius 1 is 1.17 bits per heavy atom. The zero-order valence-corrected chi connectivity index (χ0v) is 16.9. The summed E-state index contributed by atoms with van der Waals surface area (Å²) in [6.45, 7) is 5.82. The fourth-order valence-electron chi connectivity index (χ4n) is 3.75. The predicted molar refractivity (Wildman–Crippen MR) is 111 cm³/mol. The van der Waals surface area contributed by atoms with E-state index in [9.17, 15) is 14.4 Å². The maximum atomic E-state index is 13.2. The molecule has 3 heterocycles. The average molecular weight is 393 g/mol. The highest BCUT2D eigenvalue weighted by Crippen LogP contribution is 2.22. The van der Waals surface area contributed by atoms with Crippen LogP contribution in [0.2, 0.25) is 0 Å². The van der Waals surface area contributed by atoms with Crippen molar-refractivity contribution in [2.75, 3.05) is 0 Å². The van der Waals surface area contributed by atoms with Crippen LogP contribution >= 0.6 is 0 Å².